The molecule has 0 bridgehead atoms. The molecular formula is C24H30N2O4. The zero-order valence-corrected chi connectivity index (χ0v) is 17.3. The van der Waals surface area contributed by atoms with Crippen LogP contribution in [0.2, 0.25) is 0 Å². The Bertz CT molecular complexity index is 827. The molecule has 6 nitrogen and oxygen atoms in total. The summed E-state index contributed by atoms with van der Waals surface area (Å²) in [6, 6.07) is 16.0. The summed E-state index contributed by atoms with van der Waals surface area (Å²) in [4.78, 5) is 14.7. The SMILES string of the molecule is O=C(NCCCCOc1ccccc1)N1CCC[C@@H]1c1ccc2c(c1)OCCCO2. The van der Waals surface area contributed by atoms with E-state index in [1.165, 1.54) is 0 Å². The number of benzene rings is 2. The van der Waals surface area contributed by atoms with Crippen LogP contribution >= 0.6 is 0 Å². The van der Waals surface area contributed by atoms with E-state index in [0.717, 1.165) is 61.5 Å². The number of carbonyl (C=O) groups excluding carboxylic acids is 1. The van der Waals surface area contributed by atoms with Crippen molar-refractivity contribution in [2.24, 2.45) is 0 Å². The predicted octanol–water partition coefficient (Wildman–Crippen LogP) is 4.55. The van der Waals surface area contributed by atoms with E-state index in [0.29, 0.717) is 26.4 Å². The third-order valence-corrected chi connectivity index (χ3v) is 5.53. The standard InChI is InChI=1S/C24H30N2O4/c27-24(25-13-4-5-15-28-20-8-2-1-3-9-20)26-14-6-10-21(26)19-11-12-22-23(18-19)30-17-7-16-29-22/h1-3,8-9,11-12,18,21H,4-7,10,13-17H2,(H,25,27)/t21-/m1/s1. The van der Waals surface area contributed by atoms with Crippen molar-refractivity contribution in [3.05, 3.63) is 54.1 Å². The fourth-order valence-electron chi connectivity index (χ4n) is 3.97. The number of nitrogens with one attached hydrogen (secondary N) is 1. The zero-order chi connectivity index (χ0) is 20.6. The molecule has 2 heterocycles. The molecule has 1 saturated heterocycles. The quantitative estimate of drug-likeness (QED) is 0.680. The third-order valence-electron chi connectivity index (χ3n) is 5.53. The Balaban J connectivity index is 1.24. The second-order valence-electron chi connectivity index (χ2n) is 7.71. The molecule has 0 unspecified atom stereocenters. The highest BCUT2D eigenvalue weighted by atomic mass is 16.5. The van der Waals surface area contributed by atoms with Crippen molar-refractivity contribution >= 4 is 6.03 Å². The lowest BCUT2D eigenvalue weighted by atomic mass is 10.0. The van der Waals surface area contributed by atoms with Crippen molar-refractivity contribution in [1.82, 2.24) is 10.2 Å². The Morgan fingerprint density at radius 1 is 1.03 bits per heavy atom. The Morgan fingerprint density at radius 3 is 2.73 bits per heavy atom. The molecule has 0 aliphatic carbocycles. The van der Waals surface area contributed by atoms with Gasteiger partial charge < -0.3 is 24.4 Å². The van der Waals surface area contributed by atoms with Crippen LogP contribution in [-0.4, -0.2) is 43.8 Å². The van der Waals surface area contributed by atoms with Crippen LogP contribution in [-0.2, 0) is 0 Å². The number of amides is 2. The summed E-state index contributed by atoms with van der Waals surface area (Å²) in [6.45, 7) is 3.44. The first-order chi connectivity index (χ1) is 14.8. The van der Waals surface area contributed by atoms with Crippen molar-refractivity contribution in [2.45, 2.75) is 38.1 Å². The number of ether oxygens (including phenoxy) is 3. The second-order valence-corrected chi connectivity index (χ2v) is 7.71. The van der Waals surface area contributed by atoms with Crippen LogP contribution in [0.1, 0.15) is 43.7 Å². The normalized spacial score (nSPS) is 18.0. The summed E-state index contributed by atoms with van der Waals surface area (Å²) in [7, 11) is 0. The Hall–Kier alpha value is -2.89. The van der Waals surface area contributed by atoms with Crippen LogP contribution in [0.3, 0.4) is 0 Å². The minimum atomic E-state index is 0.00795. The van der Waals surface area contributed by atoms with Crippen molar-refractivity contribution in [3.63, 3.8) is 0 Å². The van der Waals surface area contributed by atoms with Gasteiger partial charge in [-0.25, -0.2) is 4.79 Å². The van der Waals surface area contributed by atoms with E-state index in [1.807, 2.05) is 47.4 Å². The first-order valence-corrected chi connectivity index (χ1v) is 10.9. The number of hydrogen-bond donors (Lipinski definition) is 1. The number of rotatable bonds is 7. The smallest absolute Gasteiger partial charge is 0.317 e. The molecule has 2 aromatic rings. The van der Waals surface area contributed by atoms with Crippen LogP contribution in [0.15, 0.2) is 48.5 Å². The predicted molar refractivity (Wildman–Crippen MR) is 115 cm³/mol. The molecule has 2 aliphatic rings. The number of carbonyl (C=O) groups is 1. The van der Waals surface area contributed by atoms with Gasteiger partial charge in [-0.15, -0.1) is 0 Å². The highest BCUT2D eigenvalue weighted by Gasteiger charge is 2.30. The van der Waals surface area contributed by atoms with Gasteiger partial charge in [-0.3, -0.25) is 0 Å². The molecule has 30 heavy (non-hydrogen) atoms. The number of nitrogens with zero attached hydrogens (tertiary/aromatic N) is 1. The zero-order valence-electron chi connectivity index (χ0n) is 17.3. The lowest BCUT2D eigenvalue weighted by Gasteiger charge is -2.26. The van der Waals surface area contributed by atoms with E-state index in [9.17, 15) is 4.79 Å². The summed E-state index contributed by atoms with van der Waals surface area (Å²) in [6.07, 6.45) is 4.66. The molecule has 2 aromatic carbocycles. The second kappa shape index (κ2) is 10.2. The monoisotopic (exact) mass is 410 g/mol. The summed E-state index contributed by atoms with van der Waals surface area (Å²) in [5, 5.41) is 3.07. The van der Waals surface area contributed by atoms with Gasteiger partial charge in [-0.2, -0.15) is 0 Å². The van der Waals surface area contributed by atoms with Gasteiger partial charge in [0.1, 0.15) is 5.75 Å². The van der Waals surface area contributed by atoms with E-state index >= 15 is 0 Å². The maximum atomic E-state index is 12.8. The summed E-state index contributed by atoms with van der Waals surface area (Å²) in [5.74, 6) is 2.47. The lowest BCUT2D eigenvalue weighted by molar-refractivity contribution is 0.192. The van der Waals surface area contributed by atoms with Gasteiger partial charge in [0.2, 0.25) is 0 Å². The highest BCUT2D eigenvalue weighted by molar-refractivity contribution is 5.75. The fraction of sp³-hybridized carbons (Fsp3) is 0.458. The van der Waals surface area contributed by atoms with E-state index in [-0.39, 0.29) is 12.1 Å². The average Bonchev–Trinajstić information content (AvgIpc) is 3.15. The molecule has 1 atom stereocenters. The highest BCUT2D eigenvalue weighted by Crippen LogP contribution is 2.37. The van der Waals surface area contributed by atoms with Crippen LogP contribution in [0.5, 0.6) is 17.2 Å². The maximum Gasteiger partial charge on any atom is 0.317 e. The maximum absolute atomic E-state index is 12.8. The summed E-state index contributed by atoms with van der Waals surface area (Å²) < 4.78 is 17.2. The molecule has 2 amide bonds. The van der Waals surface area contributed by atoms with Crippen molar-refractivity contribution in [1.29, 1.82) is 0 Å². The van der Waals surface area contributed by atoms with Crippen LogP contribution < -0.4 is 19.5 Å². The first kappa shape index (κ1) is 20.4. The average molecular weight is 411 g/mol. The Morgan fingerprint density at radius 2 is 1.87 bits per heavy atom. The Labute approximate surface area is 178 Å². The summed E-state index contributed by atoms with van der Waals surface area (Å²) in [5.41, 5.74) is 1.11. The molecule has 0 aromatic heterocycles. The molecule has 0 saturated carbocycles. The van der Waals surface area contributed by atoms with Gasteiger partial charge in [0.15, 0.2) is 11.5 Å². The third kappa shape index (κ3) is 5.17. The molecule has 4 rings (SSSR count). The first-order valence-electron chi connectivity index (χ1n) is 10.9. The van der Waals surface area contributed by atoms with Crippen LogP contribution in [0.25, 0.3) is 0 Å². The number of hydrogen-bond acceptors (Lipinski definition) is 4. The van der Waals surface area contributed by atoms with Gasteiger partial charge >= 0.3 is 6.03 Å². The molecule has 0 spiro atoms. The number of fused-ring (bicyclic) bond motifs is 1. The van der Waals surface area contributed by atoms with E-state index in [2.05, 4.69) is 11.4 Å². The van der Waals surface area contributed by atoms with E-state index < -0.39 is 0 Å². The lowest BCUT2D eigenvalue weighted by Crippen LogP contribution is -2.39. The van der Waals surface area contributed by atoms with Gasteiger partial charge in [-0.1, -0.05) is 24.3 Å². The fourth-order valence-corrected chi connectivity index (χ4v) is 3.97. The molecular weight excluding hydrogens is 380 g/mol. The van der Waals surface area contributed by atoms with E-state index in [1.54, 1.807) is 0 Å². The van der Waals surface area contributed by atoms with Gasteiger partial charge in [0.25, 0.3) is 0 Å². The van der Waals surface area contributed by atoms with Crippen LogP contribution in [0, 0.1) is 0 Å². The molecule has 1 N–H and O–H groups in total. The number of para-hydroxylation sites is 1. The van der Waals surface area contributed by atoms with Crippen molar-refractivity contribution < 1.29 is 19.0 Å². The van der Waals surface area contributed by atoms with Gasteiger partial charge in [0, 0.05) is 19.5 Å². The number of unbranched alkanes of at least 4 members (excludes halogenated alkanes) is 1. The van der Waals surface area contributed by atoms with E-state index in [4.69, 9.17) is 14.2 Å². The molecule has 2 aliphatic heterocycles. The van der Waals surface area contributed by atoms with Crippen molar-refractivity contribution in [3.8, 4) is 17.2 Å². The Kier molecular flexibility index (Phi) is 6.95. The molecule has 1 fully saturated rings. The molecule has 0 radical (unpaired) electrons. The van der Waals surface area contributed by atoms with Gasteiger partial charge in [0.05, 0.1) is 25.9 Å². The molecule has 160 valence electrons. The van der Waals surface area contributed by atoms with Gasteiger partial charge in [-0.05, 0) is 55.5 Å². The largest absolute Gasteiger partial charge is 0.494 e. The summed E-state index contributed by atoms with van der Waals surface area (Å²) >= 11 is 0. The molecule has 6 heteroatoms. The number of likely N-dealkylation sites (tertiary alicyclic amines) is 1. The minimum Gasteiger partial charge on any atom is -0.494 e. The van der Waals surface area contributed by atoms with Crippen molar-refractivity contribution in [2.75, 3.05) is 32.9 Å². The minimum absolute atomic E-state index is 0.00795. The van der Waals surface area contributed by atoms with Crippen LogP contribution in [0.4, 0.5) is 4.79 Å². The number of urea groups is 1. The topological polar surface area (TPSA) is 60.0 Å².